The summed E-state index contributed by atoms with van der Waals surface area (Å²) in [6.07, 6.45) is 1.65. The van der Waals surface area contributed by atoms with Crippen LogP contribution < -0.4 is 0 Å². The molecule has 2 aromatic rings. The third-order valence-electron chi connectivity index (χ3n) is 4.31. The molecule has 8 heteroatoms. The predicted molar refractivity (Wildman–Crippen MR) is 97.1 cm³/mol. The van der Waals surface area contributed by atoms with Crippen LogP contribution in [0.2, 0.25) is 0 Å². The van der Waals surface area contributed by atoms with Crippen molar-refractivity contribution >= 4 is 34.7 Å². The number of aryl methyl sites for hydroxylation is 1. The van der Waals surface area contributed by atoms with Crippen LogP contribution in [0.3, 0.4) is 0 Å². The zero-order valence-electron chi connectivity index (χ0n) is 14.6. The molecular weight excluding hydrogens is 340 g/mol. The van der Waals surface area contributed by atoms with Crippen molar-refractivity contribution in [1.82, 2.24) is 19.7 Å². The molecule has 134 valence electrons. The summed E-state index contributed by atoms with van der Waals surface area (Å²) in [5, 5.41) is 14.2. The molecule has 1 aliphatic rings. The SMILES string of the molecule is Cc1cc(C(=O)N2CCSCC2CC(=O)O)c2cnn(C(C)C)c2n1. The molecule has 0 aliphatic carbocycles. The highest BCUT2D eigenvalue weighted by Gasteiger charge is 2.31. The highest BCUT2D eigenvalue weighted by molar-refractivity contribution is 7.99. The van der Waals surface area contributed by atoms with Gasteiger partial charge in [0.05, 0.1) is 29.6 Å². The van der Waals surface area contributed by atoms with Crippen LogP contribution >= 0.6 is 11.8 Å². The van der Waals surface area contributed by atoms with E-state index in [0.29, 0.717) is 23.5 Å². The van der Waals surface area contributed by atoms with Gasteiger partial charge in [0, 0.05) is 29.8 Å². The van der Waals surface area contributed by atoms with Gasteiger partial charge in [-0.25, -0.2) is 9.67 Å². The minimum Gasteiger partial charge on any atom is -0.481 e. The minimum atomic E-state index is -0.881. The van der Waals surface area contributed by atoms with Gasteiger partial charge in [0.25, 0.3) is 5.91 Å². The van der Waals surface area contributed by atoms with Crippen LogP contribution in [-0.2, 0) is 4.79 Å². The molecule has 1 N–H and O–H groups in total. The number of amides is 1. The summed E-state index contributed by atoms with van der Waals surface area (Å²) in [5.41, 5.74) is 2.00. The fourth-order valence-electron chi connectivity index (χ4n) is 3.15. The van der Waals surface area contributed by atoms with Gasteiger partial charge in [-0.1, -0.05) is 0 Å². The molecule has 1 fully saturated rings. The molecule has 1 unspecified atom stereocenters. The summed E-state index contributed by atoms with van der Waals surface area (Å²) >= 11 is 1.69. The summed E-state index contributed by atoms with van der Waals surface area (Å²) < 4.78 is 1.81. The lowest BCUT2D eigenvalue weighted by molar-refractivity contribution is -0.138. The van der Waals surface area contributed by atoms with Crippen LogP contribution in [-0.4, -0.2) is 60.7 Å². The topological polar surface area (TPSA) is 88.3 Å². The van der Waals surface area contributed by atoms with Crippen LogP contribution in [0.15, 0.2) is 12.3 Å². The number of carboxylic acid groups (broad SMARTS) is 1. The van der Waals surface area contributed by atoms with Crippen LogP contribution in [0.4, 0.5) is 0 Å². The highest BCUT2D eigenvalue weighted by Crippen LogP contribution is 2.26. The molecule has 25 heavy (non-hydrogen) atoms. The van der Waals surface area contributed by atoms with Crippen molar-refractivity contribution in [3.63, 3.8) is 0 Å². The number of carboxylic acids is 1. The van der Waals surface area contributed by atoms with Gasteiger partial charge in [-0.05, 0) is 26.8 Å². The molecule has 0 saturated carbocycles. The van der Waals surface area contributed by atoms with E-state index in [4.69, 9.17) is 5.11 Å². The molecule has 0 aromatic carbocycles. The van der Waals surface area contributed by atoms with Crippen LogP contribution in [0.5, 0.6) is 0 Å². The fraction of sp³-hybridized carbons (Fsp3) is 0.529. The van der Waals surface area contributed by atoms with E-state index in [-0.39, 0.29) is 24.4 Å². The third-order valence-corrected chi connectivity index (χ3v) is 5.40. The molecule has 0 radical (unpaired) electrons. The number of thioether (sulfide) groups is 1. The molecule has 3 heterocycles. The molecule has 1 saturated heterocycles. The zero-order valence-corrected chi connectivity index (χ0v) is 15.4. The lowest BCUT2D eigenvalue weighted by Crippen LogP contribution is -2.47. The predicted octanol–water partition coefficient (Wildman–Crippen LogP) is 2.35. The summed E-state index contributed by atoms with van der Waals surface area (Å²) in [6.45, 7) is 6.45. The van der Waals surface area contributed by atoms with Crippen LogP contribution in [0.1, 0.15) is 42.4 Å². The van der Waals surface area contributed by atoms with E-state index in [0.717, 1.165) is 16.8 Å². The number of pyridine rings is 1. The maximum Gasteiger partial charge on any atom is 0.305 e. The number of hydrogen-bond acceptors (Lipinski definition) is 5. The molecule has 1 amide bonds. The Kier molecular flexibility index (Phi) is 4.99. The van der Waals surface area contributed by atoms with E-state index in [1.807, 2.05) is 20.8 Å². The second-order valence-corrected chi connectivity index (χ2v) is 7.71. The van der Waals surface area contributed by atoms with Gasteiger partial charge in [-0.2, -0.15) is 16.9 Å². The van der Waals surface area contributed by atoms with Gasteiger partial charge in [0.1, 0.15) is 0 Å². The first-order valence-corrected chi connectivity index (χ1v) is 9.49. The van der Waals surface area contributed by atoms with Gasteiger partial charge in [-0.15, -0.1) is 0 Å². The van der Waals surface area contributed by atoms with E-state index in [1.54, 1.807) is 33.6 Å². The number of rotatable bonds is 4. The lowest BCUT2D eigenvalue weighted by Gasteiger charge is -2.34. The van der Waals surface area contributed by atoms with Crippen LogP contribution in [0, 0.1) is 6.92 Å². The molecule has 2 aromatic heterocycles. The number of fused-ring (bicyclic) bond motifs is 1. The molecule has 1 aliphatic heterocycles. The van der Waals surface area contributed by atoms with Crippen molar-refractivity contribution in [2.45, 2.75) is 39.3 Å². The first-order valence-electron chi connectivity index (χ1n) is 8.34. The largest absolute Gasteiger partial charge is 0.481 e. The van der Waals surface area contributed by atoms with Crippen molar-refractivity contribution in [2.24, 2.45) is 0 Å². The Morgan fingerprint density at radius 3 is 2.88 bits per heavy atom. The smallest absolute Gasteiger partial charge is 0.305 e. The second kappa shape index (κ2) is 7.03. The number of hydrogen-bond donors (Lipinski definition) is 1. The monoisotopic (exact) mass is 362 g/mol. The van der Waals surface area contributed by atoms with Crippen LogP contribution in [0.25, 0.3) is 11.0 Å². The van der Waals surface area contributed by atoms with E-state index < -0.39 is 5.97 Å². The maximum absolute atomic E-state index is 13.2. The number of aliphatic carboxylic acids is 1. The van der Waals surface area contributed by atoms with Gasteiger partial charge < -0.3 is 10.0 Å². The molecule has 0 bridgehead atoms. The Labute approximate surface area is 150 Å². The summed E-state index contributed by atoms with van der Waals surface area (Å²) in [4.78, 5) is 30.6. The molecular formula is C17H22N4O3S. The second-order valence-electron chi connectivity index (χ2n) is 6.56. The lowest BCUT2D eigenvalue weighted by atomic mass is 10.1. The first kappa shape index (κ1) is 17.7. The standard InChI is InChI=1S/C17H22N4O3S/c1-10(2)21-16-14(8-18-21)13(6-11(3)19-16)17(24)20-4-5-25-9-12(20)7-15(22)23/h6,8,10,12H,4-5,7,9H2,1-3H3,(H,22,23). The number of nitrogens with zero attached hydrogens (tertiary/aromatic N) is 4. The average molecular weight is 362 g/mol. The third kappa shape index (κ3) is 3.49. The highest BCUT2D eigenvalue weighted by atomic mass is 32.2. The summed E-state index contributed by atoms with van der Waals surface area (Å²) in [7, 11) is 0. The normalized spacial score (nSPS) is 18.1. The van der Waals surface area contributed by atoms with E-state index in [9.17, 15) is 9.59 Å². The molecule has 7 nitrogen and oxygen atoms in total. The summed E-state index contributed by atoms with van der Waals surface area (Å²) in [5.74, 6) is 0.455. The number of aromatic nitrogens is 3. The zero-order chi connectivity index (χ0) is 18.1. The van der Waals surface area contributed by atoms with Crippen molar-refractivity contribution in [1.29, 1.82) is 0 Å². The average Bonchev–Trinajstić information content (AvgIpc) is 2.97. The quantitative estimate of drug-likeness (QED) is 0.898. The Bertz CT molecular complexity index is 818. The van der Waals surface area contributed by atoms with E-state index >= 15 is 0 Å². The van der Waals surface area contributed by atoms with Crippen molar-refractivity contribution in [2.75, 3.05) is 18.1 Å². The Morgan fingerprint density at radius 2 is 2.20 bits per heavy atom. The Morgan fingerprint density at radius 1 is 1.44 bits per heavy atom. The van der Waals surface area contributed by atoms with Gasteiger partial charge >= 0.3 is 5.97 Å². The Balaban J connectivity index is 2.02. The molecule has 3 rings (SSSR count). The van der Waals surface area contributed by atoms with Gasteiger partial charge in [0.2, 0.25) is 0 Å². The minimum absolute atomic E-state index is 0.0306. The van der Waals surface area contributed by atoms with Crippen molar-refractivity contribution in [3.8, 4) is 0 Å². The van der Waals surface area contributed by atoms with Gasteiger partial charge in [0.15, 0.2) is 5.65 Å². The maximum atomic E-state index is 13.2. The number of carbonyl (C=O) groups is 2. The van der Waals surface area contributed by atoms with E-state index in [1.165, 1.54) is 0 Å². The van der Waals surface area contributed by atoms with Crippen molar-refractivity contribution in [3.05, 3.63) is 23.5 Å². The molecule has 0 spiro atoms. The summed E-state index contributed by atoms with van der Waals surface area (Å²) in [6, 6.07) is 1.63. The fourth-order valence-corrected chi connectivity index (χ4v) is 4.21. The Hall–Kier alpha value is -2.09. The van der Waals surface area contributed by atoms with Gasteiger partial charge in [-0.3, -0.25) is 9.59 Å². The van der Waals surface area contributed by atoms with Crippen molar-refractivity contribution < 1.29 is 14.7 Å². The van der Waals surface area contributed by atoms with E-state index in [2.05, 4.69) is 10.1 Å². The first-order chi connectivity index (χ1) is 11.9. The molecule has 1 atom stereocenters. The number of carbonyl (C=O) groups excluding carboxylic acids is 1.